The molecule has 1 aromatic carbocycles. The number of carbonyl (C=O) groups excluding carboxylic acids is 1. The maximum absolute atomic E-state index is 12.6. The Morgan fingerprint density at radius 1 is 1.38 bits per heavy atom. The molecular formula is C17H22N2O2. The Hall–Kier alpha value is -1.83. The Bertz CT molecular complexity index is 564. The molecule has 21 heavy (non-hydrogen) atoms. The van der Waals surface area contributed by atoms with Crippen LogP contribution in [0.1, 0.15) is 34.3 Å². The lowest BCUT2D eigenvalue weighted by Crippen LogP contribution is -2.39. The maximum atomic E-state index is 12.6. The molecular weight excluding hydrogens is 264 g/mol. The van der Waals surface area contributed by atoms with Gasteiger partial charge < -0.3 is 15.7 Å². The Morgan fingerprint density at radius 3 is 2.71 bits per heavy atom. The fourth-order valence-electron chi connectivity index (χ4n) is 2.63. The number of piperidine rings is 1. The summed E-state index contributed by atoms with van der Waals surface area (Å²) < 4.78 is 0. The largest absolute Gasteiger partial charge is 0.396 e. The highest BCUT2D eigenvalue weighted by Crippen LogP contribution is 2.19. The van der Waals surface area contributed by atoms with Crippen molar-refractivity contribution in [3.8, 4) is 11.8 Å². The molecule has 0 saturated carbocycles. The number of hydrogen-bond donors (Lipinski definition) is 2. The third-order valence-electron chi connectivity index (χ3n) is 3.82. The molecule has 1 aliphatic heterocycles. The Labute approximate surface area is 125 Å². The van der Waals surface area contributed by atoms with E-state index in [-0.39, 0.29) is 12.5 Å². The molecule has 1 amide bonds. The highest BCUT2D eigenvalue weighted by Gasteiger charge is 2.23. The average Bonchev–Trinajstić information content (AvgIpc) is 2.51. The van der Waals surface area contributed by atoms with Crippen LogP contribution in [-0.4, -0.2) is 42.2 Å². The second-order valence-corrected chi connectivity index (χ2v) is 5.51. The molecule has 0 aromatic heterocycles. The first-order valence-corrected chi connectivity index (χ1v) is 7.35. The standard InChI is InChI=1S/C17H22N2O2/c1-13-9-15(3-2-6-18)11-16(10-13)17(21)19-7-4-14(12-20)5-8-19/h9-11,14,20H,4-8,12,18H2,1H3. The minimum absolute atomic E-state index is 0.0471. The first kappa shape index (κ1) is 15.6. The minimum atomic E-state index is 0.0471. The normalized spacial score (nSPS) is 15.5. The van der Waals surface area contributed by atoms with Crippen LogP contribution in [0, 0.1) is 24.7 Å². The van der Waals surface area contributed by atoms with Gasteiger partial charge in [-0.15, -0.1) is 0 Å². The fraction of sp³-hybridized carbons (Fsp3) is 0.471. The predicted molar refractivity (Wildman–Crippen MR) is 82.8 cm³/mol. The van der Waals surface area contributed by atoms with E-state index in [0.29, 0.717) is 31.1 Å². The number of likely N-dealkylation sites (tertiary alicyclic amines) is 1. The van der Waals surface area contributed by atoms with Gasteiger partial charge in [0.2, 0.25) is 0 Å². The molecule has 0 bridgehead atoms. The predicted octanol–water partition coefficient (Wildman–Crippen LogP) is 1.15. The molecule has 1 aromatic rings. The Morgan fingerprint density at radius 2 is 2.10 bits per heavy atom. The number of carbonyl (C=O) groups is 1. The lowest BCUT2D eigenvalue weighted by atomic mass is 9.97. The van der Waals surface area contributed by atoms with Crippen molar-refractivity contribution in [2.75, 3.05) is 26.2 Å². The number of rotatable bonds is 2. The number of aliphatic hydroxyl groups is 1. The third-order valence-corrected chi connectivity index (χ3v) is 3.82. The number of hydrogen-bond acceptors (Lipinski definition) is 3. The summed E-state index contributed by atoms with van der Waals surface area (Å²) in [6.07, 6.45) is 1.74. The summed E-state index contributed by atoms with van der Waals surface area (Å²) in [6, 6.07) is 5.68. The second kappa shape index (κ2) is 7.26. The van der Waals surface area contributed by atoms with Gasteiger partial charge in [-0.05, 0) is 49.4 Å². The molecule has 2 rings (SSSR count). The van der Waals surface area contributed by atoms with Crippen molar-refractivity contribution < 1.29 is 9.90 Å². The topological polar surface area (TPSA) is 66.6 Å². The van der Waals surface area contributed by atoms with Crippen molar-refractivity contribution in [3.63, 3.8) is 0 Å². The van der Waals surface area contributed by atoms with Gasteiger partial charge in [0.25, 0.3) is 5.91 Å². The van der Waals surface area contributed by atoms with E-state index in [1.165, 1.54) is 0 Å². The van der Waals surface area contributed by atoms with Crippen LogP contribution in [0.25, 0.3) is 0 Å². The molecule has 0 spiro atoms. The highest BCUT2D eigenvalue weighted by molar-refractivity contribution is 5.94. The molecule has 0 aliphatic carbocycles. The summed E-state index contributed by atoms with van der Waals surface area (Å²) >= 11 is 0. The molecule has 1 saturated heterocycles. The molecule has 0 atom stereocenters. The monoisotopic (exact) mass is 286 g/mol. The van der Waals surface area contributed by atoms with E-state index in [1.54, 1.807) is 0 Å². The summed E-state index contributed by atoms with van der Waals surface area (Å²) in [7, 11) is 0. The van der Waals surface area contributed by atoms with E-state index in [4.69, 9.17) is 10.8 Å². The smallest absolute Gasteiger partial charge is 0.253 e. The number of aryl methyl sites for hydroxylation is 1. The first-order valence-electron chi connectivity index (χ1n) is 7.35. The van der Waals surface area contributed by atoms with Crippen LogP contribution in [0.3, 0.4) is 0 Å². The van der Waals surface area contributed by atoms with E-state index < -0.39 is 0 Å². The first-order chi connectivity index (χ1) is 10.1. The van der Waals surface area contributed by atoms with Crippen LogP contribution < -0.4 is 5.73 Å². The lowest BCUT2D eigenvalue weighted by Gasteiger charge is -2.31. The summed E-state index contributed by atoms with van der Waals surface area (Å²) in [6.45, 7) is 3.91. The zero-order chi connectivity index (χ0) is 15.2. The summed E-state index contributed by atoms with van der Waals surface area (Å²) in [5.74, 6) is 6.17. The number of nitrogens with zero attached hydrogens (tertiary/aromatic N) is 1. The summed E-state index contributed by atoms with van der Waals surface area (Å²) in [4.78, 5) is 14.4. The molecule has 4 heteroatoms. The molecule has 0 radical (unpaired) electrons. The number of amides is 1. The van der Waals surface area contributed by atoms with Gasteiger partial charge in [0, 0.05) is 30.8 Å². The molecule has 1 heterocycles. The van der Waals surface area contributed by atoms with E-state index in [0.717, 1.165) is 24.0 Å². The van der Waals surface area contributed by atoms with E-state index in [9.17, 15) is 4.79 Å². The minimum Gasteiger partial charge on any atom is -0.396 e. The van der Waals surface area contributed by atoms with Gasteiger partial charge in [-0.2, -0.15) is 0 Å². The SMILES string of the molecule is Cc1cc(C#CCN)cc(C(=O)N2CCC(CO)CC2)c1. The van der Waals surface area contributed by atoms with Gasteiger partial charge in [0.05, 0.1) is 6.54 Å². The zero-order valence-corrected chi connectivity index (χ0v) is 12.4. The average molecular weight is 286 g/mol. The van der Waals surface area contributed by atoms with Crippen LogP contribution in [-0.2, 0) is 0 Å². The lowest BCUT2D eigenvalue weighted by molar-refractivity contribution is 0.0651. The van der Waals surface area contributed by atoms with Crippen molar-refractivity contribution in [3.05, 3.63) is 34.9 Å². The fourth-order valence-corrected chi connectivity index (χ4v) is 2.63. The van der Waals surface area contributed by atoms with Crippen molar-refractivity contribution in [1.29, 1.82) is 0 Å². The van der Waals surface area contributed by atoms with Crippen LogP contribution in [0.2, 0.25) is 0 Å². The Kier molecular flexibility index (Phi) is 5.38. The van der Waals surface area contributed by atoms with Crippen molar-refractivity contribution in [2.45, 2.75) is 19.8 Å². The number of benzene rings is 1. The van der Waals surface area contributed by atoms with Crippen LogP contribution in [0.4, 0.5) is 0 Å². The van der Waals surface area contributed by atoms with Gasteiger partial charge in [-0.1, -0.05) is 11.8 Å². The summed E-state index contributed by atoms with van der Waals surface area (Å²) in [5.41, 5.74) is 7.91. The highest BCUT2D eigenvalue weighted by atomic mass is 16.3. The molecule has 3 N–H and O–H groups in total. The van der Waals surface area contributed by atoms with Gasteiger partial charge in [0.1, 0.15) is 0 Å². The molecule has 4 nitrogen and oxygen atoms in total. The molecule has 112 valence electrons. The van der Waals surface area contributed by atoms with E-state index in [1.807, 2.05) is 30.0 Å². The quantitative estimate of drug-likeness (QED) is 0.802. The molecule has 0 unspecified atom stereocenters. The number of nitrogens with two attached hydrogens (primary N) is 1. The van der Waals surface area contributed by atoms with Crippen LogP contribution in [0.5, 0.6) is 0 Å². The van der Waals surface area contributed by atoms with Crippen molar-refractivity contribution in [1.82, 2.24) is 4.90 Å². The molecule has 1 aliphatic rings. The second-order valence-electron chi connectivity index (χ2n) is 5.51. The van der Waals surface area contributed by atoms with Crippen LogP contribution >= 0.6 is 0 Å². The number of aliphatic hydroxyl groups excluding tert-OH is 1. The van der Waals surface area contributed by atoms with E-state index in [2.05, 4.69) is 11.8 Å². The van der Waals surface area contributed by atoms with Gasteiger partial charge in [0.15, 0.2) is 0 Å². The van der Waals surface area contributed by atoms with Gasteiger partial charge in [-0.3, -0.25) is 4.79 Å². The third kappa shape index (κ3) is 4.07. The van der Waals surface area contributed by atoms with Crippen molar-refractivity contribution >= 4 is 5.91 Å². The van der Waals surface area contributed by atoms with Gasteiger partial charge >= 0.3 is 0 Å². The van der Waals surface area contributed by atoms with Crippen molar-refractivity contribution in [2.24, 2.45) is 11.7 Å². The molecule has 1 fully saturated rings. The maximum Gasteiger partial charge on any atom is 0.253 e. The van der Waals surface area contributed by atoms with E-state index >= 15 is 0 Å². The van der Waals surface area contributed by atoms with Gasteiger partial charge in [-0.25, -0.2) is 0 Å². The van der Waals surface area contributed by atoms with Crippen LogP contribution in [0.15, 0.2) is 18.2 Å². The summed E-state index contributed by atoms with van der Waals surface area (Å²) in [5, 5.41) is 9.16. The zero-order valence-electron chi connectivity index (χ0n) is 12.4. The Balaban J connectivity index is 2.14.